The number of carbonyl (C=O) groups excluding carboxylic acids is 1. The van der Waals surface area contributed by atoms with E-state index in [1.807, 2.05) is 4.57 Å². The summed E-state index contributed by atoms with van der Waals surface area (Å²) in [6.07, 6.45) is 10.4. The summed E-state index contributed by atoms with van der Waals surface area (Å²) in [5.74, 6) is -0.608. The second kappa shape index (κ2) is 10.4. The van der Waals surface area contributed by atoms with Crippen molar-refractivity contribution in [1.29, 1.82) is 0 Å². The molecule has 0 amide bonds. The van der Waals surface area contributed by atoms with Gasteiger partial charge < -0.3 is 0 Å². The number of piperidine rings is 1. The van der Waals surface area contributed by atoms with Gasteiger partial charge in [-0.2, -0.15) is 0 Å². The van der Waals surface area contributed by atoms with Crippen LogP contribution in [0.3, 0.4) is 0 Å². The van der Waals surface area contributed by atoms with Crippen LogP contribution in [-0.2, 0) is 17.6 Å². The van der Waals surface area contributed by atoms with E-state index in [1.54, 1.807) is 19.3 Å². The van der Waals surface area contributed by atoms with Gasteiger partial charge in [-0.3, -0.25) is 0 Å². The number of nitrogens with zero attached hydrogens (tertiary/aromatic N) is 4. The monoisotopic (exact) mass is 522 g/mol. The van der Waals surface area contributed by atoms with E-state index in [-0.39, 0.29) is 17.6 Å². The molecule has 34 heavy (non-hydrogen) atoms. The first-order valence-corrected chi connectivity index (χ1v) is 14.8. The molecule has 1 unspecified atom stereocenters. The van der Waals surface area contributed by atoms with Crippen molar-refractivity contribution in [2.24, 2.45) is 0 Å². The first-order valence-electron chi connectivity index (χ1n) is 12.3. The van der Waals surface area contributed by atoms with Gasteiger partial charge in [0.15, 0.2) is 0 Å². The molecule has 3 heterocycles. The summed E-state index contributed by atoms with van der Waals surface area (Å²) >= 11 is -0.524. The summed E-state index contributed by atoms with van der Waals surface area (Å²) in [6.45, 7) is 5.44. The van der Waals surface area contributed by atoms with Crippen molar-refractivity contribution < 1.29 is 9.53 Å². The zero-order valence-electron chi connectivity index (χ0n) is 19.7. The SMILES string of the molecule is CCOC(=O)c1cn(-c2ccc3c(c2)CCC3)c2nc([AsH]CCN3CCCCC3)ncc2c1=O. The topological polar surface area (TPSA) is 77.3 Å². The standard InChI is InChI=1S/C26H31AsN4O3/c1-2-34-25(33)22-17-31(20-10-9-18-7-6-8-19(18)15-20)24-21(23(22)32)16-28-26(29-24)27-11-14-30-12-4-3-5-13-30/h9-10,15-17,27H,2-8,11-14H2,1H3. The molecule has 1 saturated heterocycles. The molecular weight excluding hydrogens is 491 g/mol. The second-order valence-electron chi connectivity index (χ2n) is 9.03. The predicted octanol–water partition coefficient (Wildman–Crippen LogP) is 2.41. The number of pyridine rings is 1. The van der Waals surface area contributed by atoms with Crippen molar-refractivity contribution in [3.63, 3.8) is 0 Å². The first-order chi connectivity index (χ1) is 16.6. The van der Waals surface area contributed by atoms with E-state index in [0.29, 0.717) is 11.0 Å². The molecule has 2 aliphatic rings. The van der Waals surface area contributed by atoms with E-state index in [0.717, 1.165) is 41.3 Å². The quantitative estimate of drug-likeness (QED) is 0.351. The van der Waals surface area contributed by atoms with Gasteiger partial charge in [0.2, 0.25) is 0 Å². The molecule has 2 aromatic heterocycles. The molecule has 7 nitrogen and oxygen atoms in total. The number of fused-ring (bicyclic) bond motifs is 2. The van der Waals surface area contributed by atoms with Gasteiger partial charge in [-0.05, 0) is 0 Å². The number of ether oxygens (including phenoxy) is 1. The number of benzene rings is 1. The number of carbonyl (C=O) groups is 1. The summed E-state index contributed by atoms with van der Waals surface area (Å²) in [4.78, 5) is 37.7. The second-order valence-corrected chi connectivity index (χ2v) is 11.8. The van der Waals surface area contributed by atoms with E-state index < -0.39 is 21.7 Å². The first kappa shape index (κ1) is 23.3. The summed E-state index contributed by atoms with van der Waals surface area (Å²) in [7, 11) is 0. The molecule has 1 aliphatic heterocycles. The fraction of sp³-hybridized carbons (Fsp3) is 0.462. The van der Waals surface area contributed by atoms with E-state index in [4.69, 9.17) is 9.72 Å². The van der Waals surface area contributed by atoms with Crippen LogP contribution in [0.2, 0.25) is 5.21 Å². The van der Waals surface area contributed by atoms with E-state index >= 15 is 0 Å². The summed E-state index contributed by atoms with van der Waals surface area (Å²) in [5.41, 5.74) is 3.83. The van der Waals surface area contributed by atoms with Gasteiger partial charge >= 0.3 is 206 Å². The molecule has 178 valence electrons. The molecule has 0 bridgehead atoms. The Kier molecular flexibility index (Phi) is 7.12. The predicted molar refractivity (Wildman–Crippen MR) is 135 cm³/mol. The molecule has 0 N–H and O–H groups in total. The van der Waals surface area contributed by atoms with Gasteiger partial charge in [0.1, 0.15) is 0 Å². The van der Waals surface area contributed by atoms with E-state index in [2.05, 4.69) is 28.1 Å². The maximum absolute atomic E-state index is 13.2. The van der Waals surface area contributed by atoms with Crippen molar-refractivity contribution in [2.75, 3.05) is 26.2 Å². The van der Waals surface area contributed by atoms with Crippen molar-refractivity contribution >= 4 is 37.4 Å². The van der Waals surface area contributed by atoms with Gasteiger partial charge in [-0.1, -0.05) is 0 Å². The van der Waals surface area contributed by atoms with Crippen molar-refractivity contribution in [3.8, 4) is 5.69 Å². The van der Waals surface area contributed by atoms with Gasteiger partial charge in [-0.25, -0.2) is 0 Å². The molecule has 1 atom stereocenters. The average molecular weight is 522 g/mol. The Morgan fingerprint density at radius 3 is 2.76 bits per heavy atom. The Hall–Kier alpha value is -2.50. The fourth-order valence-electron chi connectivity index (χ4n) is 4.96. The third-order valence-corrected chi connectivity index (χ3v) is 8.92. The fourth-order valence-corrected chi connectivity index (χ4v) is 7.05. The van der Waals surface area contributed by atoms with Crippen LogP contribution in [-0.4, -0.2) is 67.4 Å². The normalized spacial score (nSPS) is 16.4. The minimum atomic E-state index is -0.608. The molecule has 1 aromatic carbocycles. The summed E-state index contributed by atoms with van der Waals surface area (Å²) in [6, 6.07) is 6.37. The van der Waals surface area contributed by atoms with E-state index in [9.17, 15) is 9.59 Å². The Morgan fingerprint density at radius 1 is 1.12 bits per heavy atom. The Labute approximate surface area is 206 Å². The molecule has 3 aromatic rings. The average Bonchev–Trinajstić information content (AvgIpc) is 3.33. The molecule has 0 spiro atoms. The van der Waals surface area contributed by atoms with Gasteiger partial charge in [0.05, 0.1) is 0 Å². The van der Waals surface area contributed by atoms with Crippen molar-refractivity contribution in [2.45, 2.75) is 50.7 Å². The van der Waals surface area contributed by atoms with E-state index in [1.165, 1.54) is 43.5 Å². The molecule has 5 rings (SSSR count). The minimum absolute atomic E-state index is 0.0207. The molecular formula is C26H31AsN4O3. The van der Waals surface area contributed by atoms with Crippen LogP contribution in [0.5, 0.6) is 0 Å². The maximum atomic E-state index is 13.2. The number of aryl methyl sites for hydroxylation is 2. The van der Waals surface area contributed by atoms with Crippen molar-refractivity contribution in [1.82, 2.24) is 19.4 Å². The third-order valence-electron chi connectivity index (χ3n) is 6.76. The molecule has 1 aliphatic carbocycles. The number of hydrogen-bond acceptors (Lipinski definition) is 6. The van der Waals surface area contributed by atoms with Crippen LogP contribution >= 0.6 is 0 Å². The van der Waals surface area contributed by atoms with Crippen molar-refractivity contribution in [3.05, 3.63) is 57.5 Å². The summed E-state index contributed by atoms with van der Waals surface area (Å²) < 4.78 is 7.89. The van der Waals surface area contributed by atoms with Crippen LogP contribution in [0.15, 0.2) is 35.4 Å². The van der Waals surface area contributed by atoms with Crippen LogP contribution in [0.4, 0.5) is 0 Å². The number of rotatable bonds is 7. The Balaban J connectivity index is 1.52. The Morgan fingerprint density at radius 2 is 1.94 bits per heavy atom. The third kappa shape index (κ3) is 4.82. The summed E-state index contributed by atoms with van der Waals surface area (Å²) in [5, 5.41) is 1.47. The van der Waals surface area contributed by atoms with Gasteiger partial charge in [0, 0.05) is 0 Å². The van der Waals surface area contributed by atoms with Crippen LogP contribution in [0.25, 0.3) is 16.7 Å². The number of aromatic nitrogens is 3. The Bertz CT molecular complexity index is 1270. The van der Waals surface area contributed by atoms with Crippen LogP contribution in [0.1, 0.15) is 54.1 Å². The number of esters is 1. The molecule has 0 radical (unpaired) electrons. The zero-order chi connectivity index (χ0) is 23.5. The van der Waals surface area contributed by atoms with Crippen LogP contribution in [0, 0.1) is 0 Å². The van der Waals surface area contributed by atoms with Crippen LogP contribution < -0.4 is 10.0 Å². The van der Waals surface area contributed by atoms with Gasteiger partial charge in [0.25, 0.3) is 0 Å². The molecule has 1 fully saturated rings. The molecule has 8 heteroatoms. The van der Waals surface area contributed by atoms with Gasteiger partial charge in [-0.15, -0.1) is 0 Å². The zero-order valence-corrected chi connectivity index (χ0v) is 21.8. The number of hydrogen-bond donors (Lipinski definition) is 0. The molecule has 0 saturated carbocycles. The number of likely N-dealkylation sites (tertiary alicyclic amines) is 1.